The van der Waals surface area contributed by atoms with E-state index in [-0.39, 0.29) is 30.0 Å². The first kappa shape index (κ1) is 24.9. The van der Waals surface area contributed by atoms with E-state index in [0.29, 0.717) is 43.0 Å². The summed E-state index contributed by atoms with van der Waals surface area (Å²) in [5.74, 6) is -2.15. The Bertz CT molecular complexity index is 1480. The standard InChI is InChI=1S/C32H31N3O5/c1-2-22-23-15-16-24-25(29(38)34(27(24)36)21-11-7-4-8-12-21)26(23)32(17-19-9-5-3-6-10-19)30(33-18-20-13-14-20)40-31(39)35(32)28(22)37/h3-12,20,24-26H,2,13-18H2,1H3/t24-,25-,26+,32+/m1/s1. The van der Waals surface area contributed by atoms with Crippen LogP contribution >= 0.6 is 0 Å². The molecule has 0 aromatic heterocycles. The predicted octanol–water partition coefficient (Wildman–Crippen LogP) is 4.69. The van der Waals surface area contributed by atoms with Crippen molar-refractivity contribution >= 4 is 35.4 Å². The first-order valence-electron chi connectivity index (χ1n) is 14.3. The lowest BCUT2D eigenvalue weighted by Gasteiger charge is -2.50. The molecule has 7 rings (SSSR count). The Kier molecular flexibility index (Phi) is 5.77. The first-order chi connectivity index (χ1) is 19.5. The van der Waals surface area contributed by atoms with Gasteiger partial charge in [-0.3, -0.25) is 24.3 Å². The number of carbonyl (C=O) groups is 4. The minimum absolute atomic E-state index is 0.207. The van der Waals surface area contributed by atoms with Crippen LogP contribution in [0.4, 0.5) is 10.5 Å². The smallest absolute Gasteiger partial charge is 0.393 e. The third-order valence-electron chi connectivity index (χ3n) is 9.31. The van der Waals surface area contributed by atoms with Gasteiger partial charge in [0, 0.05) is 24.5 Å². The minimum atomic E-state index is -1.32. The Morgan fingerprint density at radius 1 is 0.925 bits per heavy atom. The molecule has 8 nitrogen and oxygen atoms in total. The van der Waals surface area contributed by atoms with Crippen LogP contribution in [0.3, 0.4) is 0 Å². The molecule has 0 spiro atoms. The molecular formula is C32H31N3O5. The zero-order chi connectivity index (χ0) is 27.6. The quantitative estimate of drug-likeness (QED) is 0.498. The summed E-state index contributed by atoms with van der Waals surface area (Å²) in [7, 11) is 0. The molecule has 2 saturated carbocycles. The van der Waals surface area contributed by atoms with E-state index in [2.05, 4.69) is 0 Å². The zero-order valence-corrected chi connectivity index (χ0v) is 22.4. The lowest BCUT2D eigenvalue weighted by molar-refractivity contribution is -0.134. The normalized spacial score (nSPS) is 30.5. The largest absolute Gasteiger partial charge is 0.424 e. The van der Waals surface area contributed by atoms with Gasteiger partial charge >= 0.3 is 6.09 Å². The number of imide groups is 2. The summed E-state index contributed by atoms with van der Waals surface area (Å²) in [5, 5.41) is 0. The van der Waals surface area contributed by atoms with Gasteiger partial charge in [0.1, 0.15) is 5.54 Å². The van der Waals surface area contributed by atoms with Crippen LogP contribution in [-0.4, -0.2) is 46.7 Å². The number of ether oxygens (including phenoxy) is 1. The van der Waals surface area contributed by atoms with Gasteiger partial charge in [0.2, 0.25) is 17.7 Å². The van der Waals surface area contributed by atoms with E-state index in [4.69, 9.17) is 9.73 Å². The number of anilines is 1. The summed E-state index contributed by atoms with van der Waals surface area (Å²) >= 11 is 0. The van der Waals surface area contributed by atoms with E-state index in [1.165, 1.54) is 9.80 Å². The maximum Gasteiger partial charge on any atom is 0.424 e. The van der Waals surface area contributed by atoms with Gasteiger partial charge in [0.25, 0.3) is 5.91 Å². The van der Waals surface area contributed by atoms with E-state index < -0.39 is 29.4 Å². The van der Waals surface area contributed by atoms with Gasteiger partial charge in [-0.1, -0.05) is 61.0 Å². The van der Waals surface area contributed by atoms with E-state index in [0.717, 1.165) is 24.0 Å². The van der Waals surface area contributed by atoms with Gasteiger partial charge in [0.05, 0.1) is 17.5 Å². The third-order valence-corrected chi connectivity index (χ3v) is 9.31. The number of aliphatic imine (C=N–C) groups is 1. The van der Waals surface area contributed by atoms with Crippen LogP contribution in [0.1, 0.15) is 44.6 Å². The molecule has 2 saturated heterocycles. The number of para-hydroxylation sites is 1. The Hall–Kier alpha value is -4.07. The molecular weight excluding hydrogens is 506 g/mol. The number of amides is 4. The van der Waals surface area contributed by atoms with Gasteiger partial charge in [-0.15, -0.1) is 0 Å². The van der Waals surface area contributed by atoms with Crippen molar-refractivity contribution in [3.05, 3.63) is 77.4 Å². The molecule has 2 aliphatic carbocycles. The molecule has 0 bridgehead atoms. The Labute approximate surface area is 232 Å². The maximum absolute atomic E-state index is 14.3. The highest BCUT2D eigenvalue weighted by atomic mass is 16.6. The highest BCUT2D eigenvalue weighted by molar-refractivity contribution is 6.23. The zero-order valence-electron chi connectivity index (χ0n) is 22.4. The summed E-state index contributed by atoms with van der Waals surface area (Å²) < 4.78 is 5.88. The lowest BCUT2D eigenvalue weighted by atomic mass is 9.58. The fourth-order valence-corrected chi connectivity index (χ4v) is 7.38. The Morgan fingerprint density at radius 3 is 2.30 bits per heavy atom. The predicted molar refractivity (Wildman–Crippen MR) is 147 cm³/mol. The summed E-state index contributed by atoms with van der Waals surface area (Å²) in [5.41, 5.74) is 1.54. The number of rotatable bonds is 6. The summed E-state index contributed by atoms with van der Waals surface area (Å²) in [6, 6.07) is 18.6. The van der Waals surface area contributed by atoms with Crippen molar-refractivity contribution in [2.75, 3.05) is 11.4 Å². The summed E-state index contributed by atoms with van der Waals surface area (Å²) in [6.07, 6.45) is 3.05. The average molecular weight is 538 g/mol. The highest BCUT2D eigenvalue weighted by Crippen LogP contribution is 2.57. The topological polar surface area (TPSA) is 96.3 Å². The number of hydrogen-bond acceptors (Lipinski definition) is 6. The van der Waals surface area contributed by atoms with Gasteiger partial charge in [0.15, 0.2) is 0 Å². The number of hydrogen-bond donors (Lipinski definition) is 0. The molecule has 2 aromatic carbocycles. The van der Waals surface area contributed by atoms with Crippen molar-refractivity contribution in [1.29, 1.82) is 0 Å². The Morgan fingerprint density at radius 2 is 1.62 bits per heavy atom. The van der Waals surface area contributed by atoms with Crippen LogP contribution in [0, 0.1) is 23.7 Å². The molecule has 0 radical (unpaired) electrons. The number of nitrogens with zero attached hydrogens (tertiary/aromatic N) is 3. The summed E-state index contributed by atoms with van der Waals surface area (Å²) in [4.78, 5) is 63.2. The van der Waals surface area contributed by atoms with Gasteiger partial charge < -0.3 is 4.74 Å². The average Bonchev–Trinajstić information content (AvgIpc) is 3.70. The summed E-state index contributed by atoms with van der Waals surface area (Å²) in [6.45, 7) is 2.40. The Balaban J connectivity index is 1.45. The van der Waals surface area contributed by atoms with Crippen molar-refractivity contribution in [2.24, 2.45) is 28.7 Å². The number of fused-ring (bicyclic) bond motifs is 5. The van der Waals surface area contributed by atoms with E-state index in [1.807, 2.05) is 55.5 Å². The van der Waals surface area contributed by atoms with Crippen molar-refractivity contribution in [1.82, 2.24) is 4.90 Å². The number of benzene rings is 2. The van der Waals surface area contributed by atoms with Gasteiger partial charge in [-0.05, 0) is 55.7 Å². The molecule has 4 fully saturated rings. The highest BCUT2D eigenvalue weighted by Gasteiger charge is 2.70. The second kappa shape index (κ2) is 9.25. The van der Waals surface area contributed by atoms with Crippen molar-refractivity contribution < 1.29 is 23.9 Å². The fraction of sp³-hybridized carbons (Fsp3) is 0.406. The molecule has 0 unspecified atom stereocenters. The van der Waals surface area contributed by atoms with E-state index >= 15 is 0 Å². The molecule has 40 heavy (non-hydrogen) atoms. The van der Waals surface area contributed by atoms with Crippen LogP contribution < -0.4 is 4.90 Å². The third kappa shape index (κ3) is 3.54. The molecule has 204 valence electrons. The van der Waals surface area contributed by atoms with Gasteiger partial charge in [-0.2, -0.15) is 0 Å². The first-order valence-corrected chi connectivity index (χ1v) is 14.3. The fourth-order valence-electron chi connectivity index (χ4n) is 7.38. The molecule has 8 heteroatoms. The molecule has 3 aliphatic heterocycles. The van der Waals surface area contributed by atoms with Crippen LogP contribution in [0.15, 0.2) is 76.8 Å². The monoisotopic (exact) mass is 537 g/mol. The minimum Gasteiger partial charge on any atom is -0.393 e. The molecule has 5 aliphatic rings. The molecule has 0 N–H and O–H groups in total. The molecule has 2 aromatic rings. The maximum atomic E-state index is 14.3. The van der Waals surface area contributed by atoms with Crippen molar-refractivity contribution in [2.45, 2.75) is 51.0 Å². The van der Waals surface area contributed by atoms with Gasteiger partial charge in [-0.25, -0.2) is 9.69 Å². The second-order valence-electron chi connectivity index (χ2n) is 11.5. The molecule has 3 heterocycles. The van der Waals surface area contributed by atoms with E-state index in [1.54, 1.807) is 12.1 Å². The van der Waals surface area contributed by atoms with Crippen molar-refractivity contribution in [3.63, 3.8) is 0 Å². The van der Waals surface area contributed by atoms with Crippen molar-refractivity contribution in [3.8, 4) is 0 Å². The molecule has 4 atom stereocenters. The lowest BCUT2D eigenvalue weighted by Crippen LogP contribution is -2.65. The van der Waals surface area contributed by atoms with E-state index in [9.17, 15) is 19.2 Å². The van der Waals surface area contributed by atoms with Crippen LogP contribution in [0.2, 0.25) is 0 Å². The molecule has 4 amide bonds. The second-order valence-corrected chi connectivity index (χ2v) is 11.5. The SMILES string of the molecule is CCC1=C2CC[C@H]3C(=O)N(c4ccccc4)C(=O)[C@H]3[C@H]2[C@@]2(Cc3ccccc3)C(=NCC3CC3)OC(=O)N2C1=O. The number of cyclic esters (lactones) is 1. The van der Waals surface area contributed by atoms with Crippen LogP contribution in [0.5, 0.6) is 0 Å². The number of carbonyl (C=O) groups excluding carboxylic acids is 4. The van der Waals surface area contributed by atoms with Crippen LogP contribution in [-0.2, 0) is 25.5 Å². The van der Waals surface area contributed by atoms with Crippen LogP contribution in [0.25, 0.3) is 0 Å².